The first-order valence-electron chi connectivity index (χ1n) is 7.17. The molecule has 0 radical (unpaired) electrons. The SMILES string of the molecule is CCC(C)n1c2c(cc(C(C)N)c1=O)CN(C)CC2. The average molecular weight is 263 g/mol. The molecule has 1 aliphatic rings. The summed E-state index contributed by atoms with van der Waals surface area (Å²) in [7, 11) is 2.12. The molecule has 1 aromatic rings. The van der Waals surface area contributed by atoms with E-state index < -0.39 is 0 Å². The summed E-state index contributed by atoms with van der Waals surface area (Å²) in [4.78, 5) is 14.9. The van der Waals surface area contributed by atoms with Gasteiger partial charge in [0.1, 0.15) is 0 Å². The van der Waals surface area contributed by atoms with Gasteiger partial charge in [0.05, 0.1) is 0 Å². The minimum Gasteiger partial charge on any atom is -0.324 e. The molecule has 0 saturated carbocycles. The lowest BCUT2D eigenvalue weighted by Gasteiger charge is -2.30. The van der Waals surface area contributed by atoms with E-state index in [4.69, 9.17) is 5.73 Å². The van der Waals surface area contributed by atoms with Crippen LogP contribution in [0, 0.1) is 0 Å². The summed E-state index contributed by atoms with van der Waals surface area (Å²) >= 11 is 0. The highest BCUT2D eigenvalue weighted by Crippen LogP contribution is 2.23. The minimum atomic E-state index is -0.208. The van der Waals surface area contributed by atoms with E-state index in [0.717, 1.165) is 31.5 Å². The van der Waals surface area contributed by atoms with Gasteiger partial charge < -0.3 is 15.2 Å². The van der Waals surface area contributed by atoms with Crippen molar-refractivity contribution in [1.82, 2.24) is 9.47 Å². The highest BCUT2D eigenvalue weighted by atomic mass is 16.1. The van der Waals surface area contributed by atoms with Crippen molar-refractivity contribution in [1.29, 1.82) is 0 Å². The van der Waals surface area contributed by atoms with Crippen LogP contribution in [-0.2, 0) is 13.0 Å². The molecule has 1 aliphatic heterocycles. The summed E-state index contributed by atoms with van der Waals surface area (Å²) in [5.74, 6) is 0. The normalized spacial score (nSPS) is 19.0. The van der Waals surface area contributed by atoms with E-state index in [1.807, 2.05) is 17.6 Å². The smallest absolute Gasteiger partial charge is 0.255 e. The molecule has 0 amide bonds. The quantitative estimate of drug-likeness (QED) is 0.905. The van der Waals surface area contributed by atoms with Gasteiger partial charge in [0.25, 0.3) is 5.56 Å². The van der Waals surface area contributed by atoms with Crippen molar-refractivity contribution in [3.8, 4) is 0 Å². The Morgan fingerprint density at radius 3 is 2.68 bits per heavy atom. The zero-order valence-electron chi connectivity index (χ0n) is 12.4. The lowest BCUT2D eigenvalue weighted by Crippen LogP contribution is -2.37. The molecule has 106 valence electrons. The van der Waals surface area contributed by atoms with Gasteiger partial charge in [0, 0.05) is 42.9 Å². The first-order chi connectivity index (χ1) is 8.95. The summed E-state index contributed by atoms with van der Waals surface area (Å²) in [6.07, 6.45) is 1.91. The van der Waals surface area contributed by atoms with Gasteiger partial charge in [-0.1, -0.05) is 6.92 Å². The van der Waals surface area contributed by atoms with Crippen molar-refractivity contribution < 1.29 is 0 Å². The predicted molar refractivity (Wildman–Crippen MR) is 78.3 cm³/mol. The van der Waals surface area contributed by atoms with Gasteiger partial charge in [-0.05, 0) is 38.9 Å². The molecule has 2 atom stereocenters. The van der Waals surface area contributed by atoms with Crippen LogP contribution >= 0.6 is 0 Å². The second-order valence-electron chi connectivity index (χ2n) is 5.78. The summed E-state index contributed by atoms with van der Waals surface area (Å²) in [6.45, 7) is 8.05. The maximum atomic E-state index is 12.6. The number of hydrogen-bond donors (Lipinski definition) is 1. The maximum Gasteiger partial charge on any atom is 0.255 e. The number of hydrogen-bond acceptors (Lipinski definition) is 3. The molecule has 4 nitrogen and oxygen atoms in total. The van der Waals surface area contributed by atoms with Crippen molar-refractivity contribution in [2.75, 3.05) is 13.6 Å². The molecule has 0 fully saturated rings. The van der Waals surface area contributed by atoms with Gasteiger partial charge in [-0.2, -0.15) is 0 Å². The Kier molecular flexibility index (Phi) is 4.11. The number of rotatable bonds is 3. The molecular weight excluding hydrogens is 238 g/mol. The highest BCUT2D eigenvalue weighted by molar-refractivity contribution is 5.30. The van der Waals surface area contributed by atoms with E-state index in [1.54, 1.807) is 0 Å². The van der Waals surface area contributed by atoms with Gasteiger partial charge in [0.2, 0.25) is 0 Å². The lowest BCUT2D eigenvalue weighted by molar-refractivity contribution is 0.299. The molecule has 2 rings (SSSR count). The van der Waals surface area contributed by atoms with Crippen LogP contribution in [0.1, 0.15) is 56.1 Å². The fourth-order valence-electron chi connectivity index (χ4n) is 2.81. The van der Waals surface area contributed by atoms with Crippen molar-refractivity contribution in [3.63, 3.8) is 0 Å². The molecule has 19 heavy (non-hydrogen) atoms. The van der Waals surface area contributed by atoms with Crippen LogP contribution in [0.3, 0.4) is 0 Å². The largest absolute Gasteiger partial charge is 0.324 e. The van der Waals surface area contributed by atoms with Gasteiger partial charge in [-0.15, -0.1) is 0 Å². The number of fused-ring (bicyclic) bond motifs is 1. The van der Waals surface area contributed by atoms with E-state index >= 15 is 0 Å². The molecule has 0 bridgehead atoms. The third kappa shape index (κ3) is 2.60. The molecule has 2 N–H and O–H groups in total. The highest BCUT2D eigenvalue weighted by Gasteiger charge is 2.22. The second kappa shape index (κ2) is 5.47. The molecule has 0 saturated heterocycles. The van der Waals surface area contributed by atoms with Crippen molar-refractivity contribution in [3.05, 3.63) is 33.2 Å². The standard InChI is InChI=1S/C15H25N3O/c1-5-10(2)18-14-6-7-17(4)9-12(14)8-13(11(3)16)15(18)19/h8,10-11H,5-7,9,16H2,1-4H3. The Morgan fingerprint density at radius 1 is 1.42 bits per heavy atom. The Labute approximate surface area is 115 Å². The van der Waals surface area contributed by atoms with E-state index in [-0.39, 0.29) is 17.6 Å². The molecule has 0 aliphatic carbocycles. The summed E-state index contributed by atoms with van der Waals surface area (Å²) in [5.41, 5.74) is 9.29. The molecule has 0 spiro atoms. The third-order valence-electron chi connectivity index (χ3n) is 4.15. The molecule has 1 aromatic heterocycles. The van der Waals surface area contributed by atoms with Gasteiger partial charge in [-0.25, -0.2) is 0 Å². The molecular formula is C15H25N3O. The summed E-state index contributed by atoms with van der Waals surface area (Å²) in [6, 6.07) is 2.06. The van der Waals surface area contributed by atoms with Gasteiger partial charge in [-0.3, -0.25) is 4.79 Å². The Bertz CT molecular complexity index is 519. The van der Waals surface area contributed by atoms with Crippen LogP contribution in [0.4, 0.5) is 0 Å². The predicted octanol–water partition coefficient (Wildman–Crippen LogP) is 1.83. The molecule has 4 heteroatoms. The molecule has 0 aromatic carbocycles. The van der Waals surface area contributed by atoms with Crippen molar-refractivity contribution in [2.24, 2.45) is 5.73 Å². The first-order valence-corrected chi connectivity index (χ1v) is 7.17. The summed E-state index contributed by atoms with van der Waals surface area (Å²) < 4.78 is 1.99. The number of aromatic nitrogens is 1. The monoisotopic (exact) mass is 263 g/mol. The van der Waals surface area contributed by atoms with Crippen LogP contribution in [0.15, 0.2) is 10.9 Å². The summed E-state index contributed by atoms with van der Waals surface area (Å²) in [5, 5.41) is 0. The van der Waals surface area contributed by atoms with E-state index in [0.29, 0.717) is 0 Å². The maximum absolute atomic E-state index is 12.6. The van der Waals surface area contributed by atoms with Crippen molar-refractivity contribution >= 4 is 0 Å². The van der Waals surface area contributed by atoms with Crippen LogP contribution in [0.5, 0.6) is 0 Å². The van der Waals surface area contributed by atoms with Crippen LogP contribution < -0.4 is 11.3 Å². The second-order valence-corrected chi connectivity index (χ2v) is 5.78. The molecule has 2 heterocycles. The van der Waals surface area contributed by atoms with E-state index in [9.17, 15) is 4.79 Å². The van der Waals surface area contributed by atoms with Crippen LogP contribution in [0.2, 0.25) is 0 Å². The van der Waals surface area contributed by atoms with Crippen LogP contribution in [-0.4, -0.2) is 23.1 Å². The number of likely N-dealkylation sites (N-methyl/N-ethyl adjacent to an activating group) is 1. The third-order valence-corrected chi connectivity index (χ3v) is 4.15. The number of pyridine rings is 1. The molecule has 2 unspecified atom stereocenters. The lowest BCUT2D eigenvalue weighted by atomic mass is 9.99. The first kappa shape index (κ1) is 14.3. The van der Waals surface area contributed by atoms with E-state index in [1.165, 1.54) is 11.3 Å². The minimum absolute atomic E-state index is 0.104. The van der Waals surface area contributed by atoms with Crippen LogP contribution in [0.25, 0.3) is 0 Å². The fourth-order valence-corrected chi connectivity index (χ4v) is 2.81. The van der Waals surface area contributed by atoms with E-state index in [2.05, 4.69) is 25.8 Å². The fraction of sp³-hybridized carbons (Fsp3) is 0.667. The average Bonchev–Trinajstić information content (AvgIpc) is 2.37. The Hall–Kier alpha value is -1.13. The van der Waals surface area contributed by atoms with Gasteiger partial charge >= 0.3 is 0 Å². The Balaban J connectivity index is 2.65. The Morgan fingerprint density at radius 2 is 2.11 bits per heavy atom. The zero-order chi connectivity index (χ0) is 14.2. The zero-order valence-corrected chi connectivity index (χ0v) is 12.4. The number of nitrogens with two attached hydrogens (primary N) is 1. The number of nitrogens with zero attached hydrogens (tertiary/aromatic N) is 2. The van der Waals surface area contributed by atoms with Gasteiger partial charge in [0.15, 0.2) is 0 Å². The topological polar surface area (TPSA) is 51.3 Å². The van der Waals surface area contributed by atoms with Crippen molar-refractivity contribution in [2.45, 2.75) is 52.2 Å².